The van der Waals surface area contributed by atoms with Crippen molar-refractivity contribution < 1.29 is 9.59 Å². The molecule has 0 saturated heterocycles. The lowest BCUT2D eigenvalue weighted by atomic mass is 10.2. The van der Waals surface area contributed by atoms with Crippen molar-refractivity contribution in [2.24, 2.45) is 0 Å². The molecule has 2 amide bonds. The fourth-order valence-corrected chi connectivity index (χ4v) is 1.34. The minimum atomic E-state index is -0.271. The largest absolute Gasteiger partial charge is 0.353 e. The molecule has 1 aromatic rings. The standard InChI is InChI=1S/C13H19N3O2/c1-3-10(2)16-13(18)8-12(17)15-9-11-4-6-14-7-5-11/h4-7,10H,3,8-9H2,1-2H3,(H,15,17)(H,16,18). The van der Waals surface area contributed by atoms with Crippen molar-refractivity contribution in [2.75, 3.05) is 0 Å². The minimum Gasteiger partial charge on any atom is -0.353 e. The average molecular weight is 249 g/mol. The van der Waals surface area contributed by atoms with Crippen molar-refractivity contribution in [3.63, 3.8) is 0 Å². The monoisotopic (exact) mass is 249 g/mol. The quantitative estimate of drug-likeness (QED) is 0.739. The van der Waals surface area contributed by atoms with Gasteiger partial charge in [0.1, 0.15) is 6.42 Å². The van der Waals surface area contributed by atoms with Crippen LogP contribution in [0.2, 0.25) is 0 Å². The molecule has 0 aliphatic heterocycles. The van der Waals surface area contributed by atoms with Crippen LogP contribution in [0, 0.1) is 0 Å². The number of aromatic nitrogens is 1. The van der Waals surface area contributed by atoms with Gasteiger partial charge in [-0.15, -0.1) is 0 Å². The third kappa shape index (κ3) is 5.43. The lowest BCUT2D eigenvalue weighted by Crippen LogP contribution is -2.36. The van der Waals surface area contributed by atoms with Gasteiger partial charge in [0.25, 0.3) is 0 Å². The molecule has 0 saturated carbocycles. The summed E-state index contributed by atoms with van der Waals surface area (Å²) >= 11 is 0. The fourth-order valence-electron chi connectivity index (χ4n) is 1.34. The van der Waals surface area contributed by atoms with Gasteiger partial charge in [-0.25, -0.2) is 0 Å². The molecule has 1 atom stereocenters. The minimum absolute atomic E-state index is 0.102. The van der Waals surface area contributed by atoms with Crippen LogP contribution in [0.25, 0.3) is 0 Å². The van der Waals surface area contributed by atoms with Crippen LogP contribution in [0.4, 0.5) is 0 Å². The molecule has 98 valence electrons. The summed E-state index contributed by atoms with van der Waals surface area (Å²) in [5, 5.41) is 5.44. The Labute approximate surface area is 107 Å². The SMILES string of the molecule is CCC(C)NC(=O)CC(=O)NCc1ccncc1. The number of hydrogen-bond acceptors (Lipinski definition) is 3. The van der Waals surface area contributed by atoms with Crippen molar-refractivity contribution in [1.82, 2.24) is 15.6 Å². The van der Waals surface area contributed by atoms with Gasteiger partial charge in [-0.1, -0.05) is 6.92 Å². The highest BCUT2D eigenvalue weighted by molar-refractivity contribution is 5.96. The third-order valence-corrected chi connectivity index (χ3v) is 2.58. The Balaban J connectivity index is 2.27. The zero-order chi connectivity index (χ0) is 13.4. The number of carbonyl (C=O) groups is 2. The summed E-state index contributed by atoms with van der Waals surface area (Å²) in [7, 11) is 0. The summed E-state index contributed by atoms with van der Waals surface area (Å²) in [6.07, 6.45) is 4.05. The second-order valence-electron chi connectivity index (χ2n) is 4.19. The average Bonchev–Trinajstić information content (AvgIpc) is 2.37. The first-order valence-electron chi connectivity index (χ1n) is 6.06. The summed E-state index contributed by atoms with van der Waals surface area (Å²) in [4.78, 5) is 26.8. The van der Waals surface area contributed by atoms with Gasteiger partial charge < -0.3 is 10.6 Å². The van der Waals surface area contributed by atoms with Crippen LogP contribution in [-0.4, -0.2) is 22.8 Å². The van der Waals surface area contributed by atoms with E-state index in [9.17, 15) is 9.59 Å². The van der Waals surface area contributed by atoms with E-state index in [1.54, 1.807) is 12.4 Å². The molecule has 0 aromatic carbocycles. The first-order valence-corrected chi connectivity index (χ1v) is 6.06. The molecular weight excluding hydrogens is 230 g/mol. The van der Waals surface area contributed by atoms with Crippen molar-refractivity contribution in [2.45, 2.75) is 39.3 Å². The summed E-state index contributed by atoms with van der Waals surface area (Å²) in [5.74, 6) is -0.510. The summed E-state index contributed by atoms with van der Waals surface area (Å²) in [5.41, 5.74) is 0.959. The third-order valence-electron chi connectivity index (χ3n) is 2.58. The van der Waals surface area contributed by atoms with Crippen molar-refractivity contribution in [3.05, 3.63) is 30.1 Å². The number of nitrogens with one attached hydrogen (secondary N) is 2. The fraction of sp³-hybridized carbons (Fsp3) is 0.462. The number of carbonyl (C=O) groups excluding carboxylic acids is 2. The Morgan fingerprint density at radius 1 is 1.28 bits per heavy atom. The molecule has 0 radical (unpaired) electrons. The molecule has 5 heteroatoms. The molecule has 2 N–H and O–H groups in total. The number of nitrogens with zero attached hydrogens (tertiary/aromatic N) is 1. The highest BCUT2D eigenvalue weighted by atomic mass is 16.2. The van der Waals surface area contributed by atoms with Gasteiger partial charge in [0.15, 0.2) is 0 Å². The summed E-state index contributed by atoms with van der Waals surface area (Å²) in [6, 6.07) is 3.74. The van der Waals surface area contributed by atoms with Gasteiger partial charge in [0.2, 0.25) is 11.8 Å². The van der Waals surface area contributed by atoms with Gasteiger partial charge in [0.05, 0.1) is 0 Å². The summed E-state index contributed by atoms with van der Waals surface area (Å²) < 4.78 is 0. The Morgan fingerprint density at radius 2 is 1.94 bits per heavy atom. The molecule has 0 aliphatic rings. The van der Waals surface area contributed by atoms with Crippen LogP contribution in [0.5, 0.6) is 0 Å². The molecule has 0 aliphatic carbocycles. The zero-order valence-corrected chi connectivity index (χ0v) is 10.8. The lowest BCUT2D eigenvalue weighted by Gasteiger charge is -2.11. The maximum Gasteiger partial charge on any atom is 0.229 e. The van der Waals surface area contributed by atoms with E-state index < -0.39 is 0 Å². The van der Waals surface area contributed by atoms with Crippen LogP contribution in [0.3, 0.4) is 0 Å². The van der Waals surface area contributed by atoms with Crippen LogP contribution in [0.1, 0.15) is 32.3 Å². The molecule has 0 fully saturated rings. The first-order chi connectivity index (χ1) is 8.61. The molecule has 0 spiro atoms. The topological polar surface area (TPSA) is 71.1 Å². The van der Waals surface area contributed by atoms with E-state index in [4.69, 9.17) is 0 Å². The first kappa shape index (κ1) is 14.2. The van der Waals surface area contributed by atoms with Crippen molar-refractivity contribution in [1.29, 1.82) is 0 Å². The number of hydrogen-bond donors (Lipinski definition) is 2. The van der Waals surface area contributed by atoms with Crippen LogP contribution < -0.4 is 10.6 Å². The van der Waals surface area contributed by atoms with E-state index >= 15 is 0 Å². The molecule has 1 heterocycles. The van der Waals surface area contributed by atoms with Gasteiger partial charge in [0, 0.05) is 25.0 Å². The molecular formula is C13H19N3O2. The van der Waals surface area contributed by atoms with Crippen molar-refractivity contribution in [3.8, 4) is 0 Å². The molecule has 1 unspecified atom stereocenters. The van der Waals surface area contributed by atoms with E-state index in [-0.39, 0.29) is 24.3 Å². The van der Waals surface area contributed by atoms with Gasteiger partial charge in [-0.05, 0) is 31.0 Å². The van der Waals surface area contributed by atoms with Gasteiger partial charge in [-0.3, -0.25) is 14.6 Å². The van der Waals surface area contributed by atoms with Gasteiger partial charge >= 0.3 is 0 Å². The van der Waals surface area contributed by atoms with E-state index in [1.165, 1.54) is 0 Å². The van der Waals surface area contributed by atoms with Crippen LogP contribution in [0.15, 0.2) is 24.5 Å². The van der Waals surface area contributed by atoms with E-state index in [0.717, 1.165) is 12.0 Å². The number of amides is 2. The Kier molecular flexibility index (Phi) is 5.84. The smallest absolute Gasteiger partial charge is 0.229 e. The molecule has 18 heavy (non-hydrogen) atoms. The number of pyridine rings is 1. The predicted octanol–water partition coefficient (Wildman–Crippen LogP) is 1.00. The predicted molar refractivity (Wildman–Crippen MR) is 68.6 cm³/mol. The Bertz CT molecular complexity index is 392. The van der Waals surface area contributed by atoms with E-state index in [0.29, 0.717) is 6.54 Å². The summed E-state index contributed by atoms with van der Waals surface area (Å²) in [6.45, 7) is 4.30. The second kappa shape index (κ2) is 7.42. The Morgan fingerprint density at radius 3 is 2.56 bits per heavy atom. The molecule has 1 rings (SSSR count). The normalized spacial score (nSPS) is 11.7. The molecule has 0 bridgehead atoms. The van der Waals surface area contributed by atoms with Gasteiger partial charge in [-0.2, -0.15) is 0 Å². The van der Waals surface area contributed by atoms with Crippen LogP contribution in [-0.2, 0) is 16.1 Å². The maximum atomic E-state index is 11.5. The molecule has 1 aromatic heterocycles. The second-order valence-corrected chi connectivity index (χ2v) is 4.19. The van der Waals surface area contributed by atoms with E-state index in [2.05, 4.69) is 15.6 Å². The zero-order valence-electron chi connectivity index (χ0n) is 10.8. The van der Waals surface area contributed by atoms with Crippen molar-refractivity contribution >= 4 is 11.8 Å². The molecule has 5 nitrogen and oxygen atoms in total. The maximum absolute atomic E-state index is 11.5. The Hall–Kier alpha value is -1.91. The highest BCUT2D eigenvalue weighted by Crippen LogP contribution is 1.95. The van der Waals surface area contributed by atoms with E-state index in [1.807, 2.05) is 26.0 Å². The highest BCUT2D eigenvalue weighted by Gasteiger charge is 2.10. The lowest BCUT2D eigenvalue weighted by molar-refractivity contribution is -0.129. The number of rotatable bonds is 6. The van der Waals surface area contributed by atoms with Crippen LogP contribution >= 0.6 is 0 Å².